The standard InChI is InChI=1S/C21H33N5O2/c1-5-23-18(27)17-10-8-16(9-11-17)14-24-20(22-2)25-15-21(12-6-7-13-21)19(28)26(3)4/h8-11H,5-7,12-15H2,1-4H3,(H,23,27)(H2,22,24,25). The third-order valence-corrected chi connectivity index (χ3v) is 5.25. The lowest BCUT2D eigenvalue weighted by atomic mass is 9.84. The van der Waals surface area contributed by atoms with Crippen molar-refractivity contribution in [3.63, 3.8) is 0 Å². The zero-order chi connectivity index (χ0) is 20.6. The van der Waals surface area contributed by atoms with Gasteiger partial charge >= 0.3 is 0 Å². The minimum Gasteiger partial charge on any atom is -0.355 e. The largest absolute Gasteiger partial charge is 0.355 e. The van der Waals surface area contributed by atoms with Crippen molar-refractivity contribution in [3.05, 3.63) is 35.4 Å². The highest BCUT2D eigenvalue weighted by molar-refractivity contribution is 5.94. The molecule has 0 atom stereocenters. The van der Waals surface area contributed by atoms with Crippen molar-refractivity contribution < 1.29 is 9.59 Å². The van der Waals surface area contributed by atoms with Crippen molar-refractivity contribution in [1.29, 1.82) is 0 Å². The molecule has 3 N–H and O–H groups in total. The Hall–Kier alpha value is -2.57. The summed E-state index contributed by atoms with van der Waals surface area (Å²) in [6, 6.07) is 7.50. The maximum Gasteiger partial charge on any atom is 0.251 e. The Kier molecular flexibility index (Phi) is 7.84. The first-order valence-corrected chi connectivity index (χ1v) is 9.95. The van der Waals surface area contributed by atoms with Gasteiger partial charge in [0.05, 0.1) is 5.41 Å². The van der Waals surface area contributed by atoms with Gasteiger partial charge in [0.2, 0.25) is 5.91 Å². The Morgan fingerprint density at radius 1 is 1.07 bits per heavy atom. The second-order valence-electron chi connectivity index (χ2n) is 7.52. The number of nitrogens with one attached hydrogen (secondary N) is 3. The van der Waals surface area contributed by atoms with Crippen LogP contribution in [-0.4, -0.2) is 56.9 Å². The highest BCUT2D eigenvalue weighted by Crippen LogP contribution is 2.38. The van der Waals surface area contributed by atoms with Crippen LogP contribution in [0.4, 0.5) is 0 Å². The number of rotatable bonds is 7. The van der Waals surface area contributed by atoms with Crippen LogP contribution in [0.15, 0.2) is 29.3 Å². The smallest absolute Gasteiger partial charge is 0.251 e. The van der Waals surface area contributed by atoms with Crippen LogP contribution in [-0.2, 0) is 11.3 Å². The summed E-state index contributed by atoms with van der Waals surface area (Å²) in [4.78, 5) is 30.5. The minimum atomic E-state index is -0.338. The third-order valence-electron chi connectivity index (χ3n) is 5.25. The van der Waals surface area contributed by atoms with Gasteiger partial charge in [-0.1, -0.05) is 25.0 Å². The van der Waals surface area contributed by atoms with Crippen LogP contribution >= 0.6 is 0 Å². The maximum absolute atomic E-state index is 12.7. The molecule has 0 bridgehead atoms. The van der Waals surface area contributed by atoms with Crippen molar-refractivity contribution >= 4 is 17.8 Å². The number of amides is 2. The fraction of sp³-hybridized carbons (Fsp3) is 0.571. The summed E-state index contributed by atoms with van der Waals surface area (Å²) in [5.74, 6) is 0.798. The molecule has 7 nitrogen and oxygen atoms in total. The molecule has 7 heteroatoms. The first-order chi connectivity index (χ1) is 13.4. The molecule has 1 fully saturated rings. The quantitative estimate of drug-likeness (QED) is 0.491. The molecule has 28 heavy (non-hydrogen) atoms. The Labute approximate surface area is 168 Å². The van der Waals surface area contributed by atoms with Gasteiger partial charge in [-0.25, -0.2) is 0 Å². The summed E-state index contributed by atoms with van der Waals surface area (Å²) < 4.78 is 0. The second-order valence-corrected chi connectivity index (χ2v) is 7.52. The SMILES string of the molecule is CCNC(=O)c1ccc(CNC(=NC)NCC2(C(=O)N(C)C)CCCC2)cc1. The molecule has 154 valence electrons. The Morgan fingerprint density at radius 2 is 1.71 bits per heavy atom. The van der Waals surface area contributed by atoms with Crippen LogP contribution in [0.25, 0.3) is 0 Å². The van der Waals surface area contributed by atoms with E-state index in [-0.39, 0.29) is 17.2 Å². The lowest BCUT2D eigenvalue weighted by molar-refractivity contribution is -0.138. The molecule has 1 aliphatic rings. The summed E-state index contributed by atoms with van der Waals surface area (Å²) >= 11 is 0. The lowest BCUT2D eigenvalue weighted by Crippen LogP contribution is -2.49. The highest BCUT2D eigenvalue weighted by Gasteiger charge is 2.42. The predicted molar refractivity (Wildman–Crippen MR) is 112 cm³/mol. The van der Waals surface area contributed by atoms with Crippen LogP contribution in [0.1, 0.15) is 48.5 Å². The van der Waals surface area contributed by atoms with Gasteiger partial charge in [0, 0.05) is 46.3 Å². The minimum absolute atomic E-state index is 0.0630. The normalized spacial score (nSPS) is 15.8. The van der Waals surface area contributed by atoms with Crippen LogP contribution < -0.4 is 16.0 Å². The fourth-order valence-corrected chi connectivity index (χ4v) is 3.69. The van der Waals surface area contributed by atoms with E-state index in [4.69, 9.17) is 0 Å². The van der Waals surface area contributed by atoms with E-state index >= 15 is 0 Å². The highest BCUT2D eigenvalue weighted by atomic mass is 16.2. The number of hydrogen-bond donors (Lipinski definition) is 3. The van der Waals surface area contributed by atoms with Crippen molar-refractivity contribution in [1.82, 2.24) is 20.9 Å². The van der Waals surface area contributed by atoms with Crippen molar-refractivity contribution in [3.8, 4) is 0 Å². The lowest BCUT2D eigenvalue weighted by Gasteiger charge is -2.31. The molecular weight excluding hydrogens is 354 g/mol. The average molecular weight is 388 g/mol. The van der Waals surface area contributed by atoms with E-state index in [9.17, 15) is 9.59 Å². The Morgan fingerprint density at radius 3 is 2.25 bits per heavy atom. The molecule has 1 aromatic rings. The summed E-state index contributed by atoms with van der Waals surface area (Å²) in [5, 5.41) is 9.40. The van der Waals surface area contributed by atoms with Gasteiger partial charge in [-0.2, -0.15) is 0 Å². The van der Waals surface area contributed by atoms with Crippen LogP contribution in [0.2, 0.25) is 0 Å². The number of aliphatic imine (C=N–C) groups is 1. The van der Waals surface area contributed by atoms with E-state index < -0.39 is 0 Å². The van der Waals surface area contributed by atoms with Gasteiger partial charge in [-0.3, -0.25) is 14.6 Å². The Bertz CT molecular complexity index is 691. The molecule has 1 aliphatic carbocycles. The number of benzene rings is 1. The molecule has 0 aliphatic heterocycles. The molecule has 0 spiro atoms. The molecule has 1 aromatic carbocycles. The van der Waals surface area contributed by atoms with E-state index in [0.717, 1.165) is 31.2 Å². The van der Waals surface area contributed by atoms with Crippen LogP contribution in [0.3, 0.4) is 0 Å². The zero-order valence-electron chi connectivity index (χ0n) is 17.5. The topological polar surface area (TPSA) is 85.8 Å². The van der Waals surface area contributed by atoms with Gasteiger partial charge in [0.25, 0.3) is 5.91 Å². The predicted octanol–water partition coefficient (Wildman–Crippen LogP) is 1.75. The number of carbonyl (C=O) groups is 2. The molecule has 0 heterocycles. The first-order valence-electron chi connectivity index (χ1n) is 9.95. The van der Waals surface area contributed by atoms with Gasteiger partial charge in [0.15, 0.2) is 5.96 Å². The van der Waals surface area contributed by atoms with Crippen LogP contribution in [0.5, 0.6) is 0 Å². The fourth-order valence-electron chi connectivity index (χ4n) is 3.69. The molecule has 0 aromatic heterocycles. The number of nitrogens with zero attached hydrogens (tertiary/aromatic N) is 2. The molecule has 0 unspecified atom stereocenters. The Balaban J connectivity index is 1.90. The molecule has 0 radical (unpaired) electrons. The van der Waals surface area contributed by atoms with Crippen molar-refractivity contribution in [2.75, 3.05) is 34.2 Å². The van der Waals surface area contributed by atoms with Crippen molar-refractivity contribution in [2.24, 2.45) is 10.4 Å². The summed E-state index contributed by atoms with van der Waals surface area (Å²) in [6.07, 6.45) is 4.00. The van der Waals surface area contributed by atoms with Crippen molar-refractivity contribution in [2.45, 2.75) is 39.2 Å². The summed E-state index contributed by atoms with van der Waals surface area (Å²) in [7, 11) is 5.36. The molecule has 1 saturated carbocycles. The molecule has 0 saturated heterocycles. The number of carbonyl (C=O) groups excluding carboxylic acids is 2. The summed E-state index contributed by atoms with van der Waals surface area (Å²) in [5.41, 5.74) is 1.37. The van der Waals surface area contributed by atoms with E-state index in [1.54, 1.807) is 11.9 Å². The number of guanidine groups is 1. The average Bonchev–Trinajstić information content (AvgIpc) is 3.18. The van der Waals surface area contributed by atoms with Gasteiger partial charge in [-0.05, 0) is 37.5 Å². The van der Waals surface area contributed by atoms with E-state index in [1.165, 1.54) is 0 Å². The van der Waals surface area contributed by atoms with E-state index in [0.29, 0.717) is 31.2 Å². The molecule has 2 rings (SSSR count). The van der Waals surface area contributed by atoms with E-state index in [2.05, 4.69) is 20.9 Å². The van der Waals surface area contributed by atoms with Gasteiger partial charge < -0.3 is 20.9 Å². The summed E-state index contributed by atoms with van der Waals surface area (Å²) in [6.45, 7) is 3.68. The second kappa shape index (κ2) is 10.1. The number of hydrogen-bond acceptors (Lipinski definition) is 3. The van der Waals surface area contributed by atoms with Gasteiger partial charge in [0.1, 0.15) is 0 Å². The third kappa shape index (κ3) is 5.47. The monoisotopic (exact) mass is 387 g/mol. The molecule has 2 amide bonds. The van der Waals surface area contributed by atoms with Gasteiger partial charge in [-0.15, -0.1) is 0 Å². The van der Waals surface area contributed by atoms with Crippen LogP contribution in [0, 0.1) is 5.41 Å². The zero-order valence-corrected chi connectivity index (χ0v) is 17.5. The maximum atomic E-state index is 12.7. The van der Waals surface area contributed by atoms with E-state index in [1.807, 2.05) is 45.3 Å². The molecular formula is C21H33N5O2. The first kappa shape index (κ1) is 21.7.